The van der Waals surface area contributed by atoms with Crippen molar-refractivity contribution < 1.29 is 14.0 Å². The number of nitrogens with one attached hydrogen (secondary N) is 1. The number of rotatable bonds is 7. The molecule has 2 amide bonds. The van der Waals surface area contributed by atoms with Crippen LogP contribution in [-0.4, -0.2) is 53.8 Å². The van der Waals surface area contributed by atoms with E-state index in [1.165, 1.54) is 5.56 Å². The molecule has 6 heteroatoms. The van der Waals surface area contributed by atoms with Crippen molar-refractivity contribution in [1.29, 1.82) is 0 Å². The molecule has 2 saturated heterocycles. The Morgan fingerprint density at radius 1 is 1.00 bits per heavy atom. The summed E-state index contributed by atoms with van der Waals surface area (Å²) in [5.74, 6) is 1.52. The molecule has 2 aliphatic heterocycles. The molecule has 1 atom stereocenters. The van der Waals surface area contributed by atoms with E-state index in [1.807, 2.05) is 28.0 Å². The minimum atomic E-state index is -0.223. The Bertz CT molecular complexity index is 813. The minimum Gasteiger partial charge on any atom is -0.467 e. The van der Waals surface area contributed by atoms with E-state index in [0.717, 1.165) is 57.5 Å². The van der Waals surface area contributed by atoms with Gasteiger partial charge in [-0.2, -0.15) is 0 Å². The Labute approximate surface area is 178 Å². The van der Waals surface area contributed by atoms with Crippen molar-refractivity contribution in [2.75, 3.05) is 26.2 Å². The number of hydrogen-bond acceptors (Lipinski definition) is 4. The van der Waals surface area contributed by atoms with E-state index in [2.05, 4.69) is 29.6 Å². The summed E-state index contributed by atoms with van der Waals surface area (Å²) in [5, 5.41) is 2.94. The lowest BCUT2D eigenvalue weighted by molar-refractivity contribution is -0.135. The molecule has 160 valence electrons. The molecular weight excluding hydrogens is 378 g/mol. The third-order valence-electron chi connectivity index (χ3n) is 6.36. The molecule has 6 nitrogen and oxygen atoms in total. The number of carbonyl (C=O) groups excluding carboxylic acids is 2. The molecule has 0 spiro atoms. The summed E-state index contributed by atoms with van der Waals surface area (Å²) in [5.41, 5.74) is 1.38. The zero-order valence-corrected chi connectivity index (χ0v) is 17.5. The first-order valence-electron chi connectivity index (χ1n) is 11.0. The van der Waals surface area contributed by atoms with Gasteiger partial charge < -0.3 is 14.6 Å². The second-order valence-electron chi connectivity index (χ2n) is 8.44. The number of likely N-dealkylation sites (tertiary alicyclic amines) is 2. The molecular formula is C24H31N3O3. The van der Waals surface area contributed by atoms with Gasteiger partial charge in [0.25, 0.3) is 0 Å². The minimum absolute atomic E-state index is 0.0155. The molecule has 1 aromatic heterocycles. The van der Waals surface area contributed by atoms with Gasteiger partial charge in [-0.1, -0.05) is 30.3 Å². The first-order chi connectivity index (χ1) is 14.7. The highest BCUT2D eigenvalue weighted by Gasteiger charge is 2.33. The molecule has 1 aromatic carbocycles. The lowest BCUT2D eigenvalue weighted by Gasteiger charge is -2.34. The van der Waals surface area contributed by atoms with Crippen molar-refractivity contribution in [1.82, 2.24) is 15.1 Å². The summed E-state index contributed by atoms with van der Waals surface area (Å²) < 4.78 is 5.27. The summed E-state index contributed by atoms with van der Waals surface area (Å²) in [7, 11) is 0. The van der Waals surface area contributed by atoms with Crippen LogP contribution in [0.25, 0.3) is 0 Å². The molecule has 3 heterocycles. The zero-order valence-electron chi connectivity index (χ0n) is 17.5. The largest absolute Gasteiger partial charge is 0.467 e. The average Bonchev–Trinajstić information content (AvgIpc) is 3.45. The van der Waals surface area contributed by atoms with Gasteiger partial charge in [-0.05, 0) is 62.3 Å². The fraction of sp³-hybridized carbons (Fsp3) is 0.500. The highest BCUT2D eigenvalue weighted by atomic mass is 16.3. The van der Waals surface area contributed by atoms with Gasteiger partial charge >= 0.3 is 0 Å². The van der Waals surface area contributed by atoms with Gasteiger partial charge in [-0.15, -0.1) is 0 Å². The summed E-state index contributed by atoms with van der Waals surface area (Å²) in [6.45, 7) is 3.16. The van der Waals surface area contributed by atoms with E-state index >= 15 is 0 Å². The lowest BCUT2D eigenvalue weighted by Crippen LogP contribution is -2.49. The second-order valence-corrected chi connectivity index (χ2v) is 8.44. The molecule has 0 aliphatic carbocycles. The maximum atomic E-state index is 12.9. The maximum absolute atomic E-state index is 12.9. The van der Waals surface area contributed by atoms with Crippen molar-refractivity contribution in [3.8, 4) is 0 Å². The summed E-state index contributed by atoms with van der Waals surface area (Å²) in [6, 6.07) is 14.0. The van der Waals surface area contributed by atoms with Crippen LogP contribution in [0.3, 0.4) is 0 Å². The van der Waals surface area contributed by atoms with Crippen LogP contribution in [0.5, 0.6) is 0 Å². The van der Waals surface area contributed by atoms with Crippen LogP contribution in [0, 0.1) is 5.92 Å². The third kappa shape index (κ3) is 5.30. The Morgan fingerprint density at radius 3 is 2.53 bits per heavy atom. The average molecular weight is 410 g/mol. The predicted octanol–water partition coefficient (Wildman–Crippen LogP) is 2.84. The van der Waals surface area contributed by atoms with Gasteiger partial charge in [-0.3, -0.25) is 14.5 Å². The van der Waals surface area contributed by atoms with Crippen molar-refractivity contribution in [2.45, 2.75) is 44.7 Å². The third-order valence-corrected chi connectivity index (χ3v) is 6.36. The van der Waals surface area contributed by atoms with E-state index in [0.29, 0.717) is 19.0 Å². The molecule has 4 rings (SSSR count). The Balaban J connectivity index is 1.22. The highest BCUT2D eigenvalue weighted by Crippen LogP contribution is 2.23. The molecule has 0 radical (unpaired) electrons. The van der Waals surface area contributed by atoms with Crippen LogP contribution in [0.15, 0.2) is 53.1 Å². The molecule has 0 unspecified atom stereocenters. The van der Waals surface area contributed by atoms with Crippen molar-refractivity contribution in [3.63, 3.8) is 0 Å². The topological polar surface area (TPSA) is 65.8 Å². The number of amides is 2. The van der Waals surface area contributed by atoms with Crippen LogP contribution >= 0.6 is 0 Å². The standard InChI is InChI=1S/C24H31N3O3/c28-23(26-13-10-20(11-14-26)16-19-6-2-1-3-7-19)18-27-12-4-9-22(27)24(29)25-17-21-8-5-15-30-21/h1-3,5-8,15,20,22H,4,9-14,16-18H2,(H,25,29)/t22-/m1/s1. The number of piperidine rings is 1. The number of hydrogen-bond donors (Lipinski definition) is 1. The van der Waals surface area contributed by atoms with E-state index < -0.39 is 0 Å². The smallest absolute Gasteiger partial charge is 0.237 e. The molecule has 1 N–H and O–H groups in total. The van der Waals surface area contributed by atoms with E-state index in [4.69, 9.17) is 4.42 Å². The van der Waals surface area contributed by atoms with Crippen LogP contribution in [0.4, 0.5) is 0 Å². The van der Waals surface area contributed by atoms with Crippen LogP contribution in [0.2, 0.25) is 0 Å². The van der Waals surface area contributed by atoms with E-state index in [9.17, 15) is 9.59 Å². The first kappa shape index (κ1) is 20.7. The van der Waals surface area contributed by atoms with Crippen LogP contribution in [0.1, 0.15) is 37.0 Å². The molecule has 2 aromatic rings. The Hall–Kier alpha value is -2.60. The van der Waals surface area contributed by atoms with Crippen molar-refractivity contribution in [3.05, 3.63) is 60.1 Å². The van der Waals surface area contributed by atoms with Gasteiger partial charge in [0.15, 0.2) is 0 Å². The number of benzene rings is 1. The summed E-state index contributed by atoms with van der Waals surface area (Å²) in [6.07, 6.45) is 6.54. The summed E-state index contributed by atoms with van der Waals surface area (Å²) >= 11 is 0. The number of nitrogens with zero attached hydrogens (tertiary/aromatic N) is 2. The van der Waals surface area contributed by atoms with Gasteiger partial charge in [0.2, 0.25) is 11.8 Å². The highest BCUT2D eigenvalue weighted by molar-refractivity contribution is 5.84. The van der Waals surface area contributed by atoms with E-state index in [1.54, 1.807) is 6.26 Å². The summed E-state index contributed by atoms with van der Waals surface area (Å²) in [4.78, 5) is 29.5. The van der Waals surface area contributed by atoms with Crippen molar-refractivity contribution in [2.24, 2.45) is 5.92 Å². The van der Waals surface area contributed by atoms with Gasteiger partial charge in [0.05, 0.1) is 25.4 Å². The van der Waals surface area contributed by atoms with E-state index in [-0.39, 0.29) is 17.9 Å². The SMILES string of the molecule is O=C(NCc1ccco1)[C@H]1CCCN1CC(=O)N1CCC(Cc2ccccc2)CC1. The predicted molar refractivity (Wildman–Crippen MR) is 115 cm³/mol. The number of furan rings is 1. The quantitative estimate of drug-likeness (QED) is 0.764. The number of carbonyl (C=O) groups is 2. The second kappa shape index (κ2) is 9.94. The molecule has 30 heavy (non-hydrogen) atoms. The Morgan fingerprint density at radius 2 is 1.80 bits per heavy atom. The molecule has 0 saturated carbocycles. The van der Waals surface area contributed by atoms with Gasteiger partial charge in [0, 0.05) is 13.1 Å². The van der Waals surface area contributed by atoms with Crippen LogP contribution in [-0.2, 0) is 22.6 Å². The molecule has 2 aliphatic rings. The lowest BCUT2D eigenvalue weighted by atomic mass is 9.90. The van der Waals surface area contributed by atoms with Crippen LogP contribution < -0.4 is 5.32 Å². The first-order valence-corrected chi connectivity index (χ1v) is 11.0. The fourth-order valence-corrected chi connectivity index (χ4v) is 4.63. The van der Waals surface area contributed by atoms with Crippen molar-refractivity contribution >= 4 is 11.8 Å². The Kier molecular flexibility index (Phi) is 6.84. The zero-order chi connectivity index (χ0) is 20.8. The maximum Gasteiger partial charge on any atom is 0.237 e. The monoisotopic (exact) mass is 409 g/mol. The molecule has 0 bridgehead atoms. The molecule has 2 fully saturated rings. The fourth-order valence-electron chi connectivity index (χ4n) is 4.63. The van der Waals surface area contributed by atoms with Gasteiger partial charge in [0.1, 0.15) is 5.76 Å². The normalized spacial score (nSPS) is 20.4. The van der Waals surface area contributed by atoms with Gasteiger partial charge in [-0.25, -0.2) is 0 Å².